The summed E-state index contributed by atoms with van der Waals surface area (Å²) in [5.74, 6) is 0.755. The molecule has 244 valence electrons. The molecule has 0 atom stereocenters. The summed E-state index contributed by atoms with van der Waals surface area (Å²) in [5, 5.41) is 1.50. The normalized spacial score (nSPS) is 15.3. The van der Waals surface area contributed by atoms with Gasteiger partial charge in [-0.3, -0.25) is 9.11 Å². The number of halogens is 4. The number of hydrogen-bond donors (Lipinski definition) is 2. The average Bonchev–Trinajstić information content (AvgIpc) is 3.35. The molecule has 0 unspecified atom stereocenters. The van der Waals surface area contributed by atoms with Crippen LogP contribution in [0.2, 0.25) is 20.1 Å². The van der Waals surface area contributed by atoms with Gasteiger partial charge in [0, 0.05) is 37.7 Å². The van der Waals surface area contributed by atoms with Gasteiger partial charge in [0.25, 0.3) is 26.1 Å². The van der Waals surface area contributed by atoms with Crippen LogP contribution in [0.5, 0.6) is 0 Å². The molecular formula is C29H33Cl4N4O6S2+. The second kappa shape index (κ2) is 14.2. The minimum Gasteiger partial charge on any atom is -0.326 e. The van der Waals surface area contributed by atoms with Crippen LogP contribution < -0.4 is 14.4 Å². The molecular weight excluding hydrogens is 706 g/mol. The zero-order valence-corrected chi connectivity index (χ0v) is 29.4. The lowest BCUT2D eigenvalue weighted by atomic mass is 10.2. The SMILES string of the molecule is CCN1\C(=C/C=C(C)/C=C/c2n(CCCS(=O)(=O)O)c3cc(Cl)c(Cl)cc3[n+]2C)N(CCCS(=O)(=O)O)c2cc(Cl)c(Cl)cc21. The number of aryl methyl sites for hydroxylation is 2. The molecule has 3 aromatic rings. The number of hydrogen-bond acceptors (Lipinski definition) is 6. The molecule has 0 aliphatic carbocycles. The lowest BCUT2D eigenvalue weighted by Crippen LogP contribution is -2.31. The molecule has 1 aromatic heterocycles. The Morgan fingerprint density at radius 3 is 1.96 bits per heavy atom. The lowest BCUT2D eigenvalue weighted by Gasteiger charge is -2.24. The first-order valence-electron chi connectivity index (χ1n) is 13.9. The van der Waals surface area contributed by atoms with Crippen molar-refractivity contribution in [1.82, 2.24) is 4.57 Å². The monoisotopic (exact) mass is 737 g/mol. The summed E-state index contributed by atoms with van der Waals surface area (Å²) in [5.41, 5.74) is 4.01. The Labute approximate surface area is 283 Å². The second-order valence-corrected chi connectivity index (χ2v) is 15.3. The molecule has 1 aliphatic heterocycles. The van der Waals surface area contributed by atoms with Gasteiger partial charge in [-0.1, -0.05) is 64.1 Å². The molecule has 0 saturated heterocycles. The number of fused-ring (bicyclic) bond motifs is 2. The quantitative estimate of drug-likeness (QED) is 0.118. The van der Waals surface area contributed by atoms with Crippen molar-refractivity contribution in [2.45, 2.75) is 33.2 Å². The number of imidazole rings is 1. The largest absolute Gasteiger partial charge is 0.326 e. The minimum absolute atomic E-state index is 0.180. The first-order chi connectivity index (χ1) is 21.0. The van der Waals surface area contributed by atoms with Gasteiger partial charge < -0.3 is 9.80 Å². The summed E-state index contributed by atoms with van der Waals surface area (Å²) >= 11 is 25.3. The van der Waals surface area contributed by atoms with Crippen molar-refractivity contribution in [3.63, 3.8) is 0 Å². The van der Waals surface area contributed by atoms with Gasteiger partial charge in [0.15, 0.2) is 11.0 Å². The van der Waals surface area contributed by atoms with Crippen molar-refractivity contribution in [2.75, 3.05) is 34.4 Å². The van der Waals surface area contributed by atoms with E-state index in [4.69, 9.17) is 46.4 Å². The van der Waals surface area contributed by atoms with Gasteiger partial charge in [0.1, 0.15) is 5.82 Å². The van der Waals surface area contributed by atoms with Gasteiger partial charge in [-0.25, -0.2) is 9.13 Å². The van der Waals surface area contributed by atoms with Crippen molar-refractivity contribution < 1.29 is 30.5 Å². The molecule has 0 radical (unpaired) electrons. The van der Waals surface area contributed by atoms with Crippen LogP contribution in [0.15, 0.2) is 53.9 Å². The molecule has 2 heterocycles. The number of benzene rings is 2. The summed E-state index contributed by atoms with van der Waals surface area (Å²) in [6.45, 7) is 5.10. The van der Waals surface area contributed by atoms with E-state index in [1.165, 1.54) is 0 Å². The summed E-state index contributed by atoms with van der Waals surface area (Å²) in [7, 11) is -6.39. The number of anilines is 2. The van der Waals surface area contributed by atoms with E-state index in [9.17, 15) is 25.9 Å². The maximum Gasteiger partial charge on any atom is 0.282 e. The molecule has 0 bridgehead atoms. The highest BCUT2D eigenvalue weighted by Gasteiger charge is 2.31. The topological polar surface area (TPSA) is 124 Å². The smallest absolute Gasteiger partial charge is 0.282 e. The van der Waals surface area contributed by atoms with Crippen LogP contribution in [0.1, 0.15) is 32.5 Å². The number of rotatable bonds is 12. The van der Waals surface area contributed by atoms with E-state index in [-0.39, 0.29) is 24.3 Å². The molecule has 2 N–H and O–H groups in total. The summed E-state index contributed by atoms with van der Waals surface area (Å²) < 4.78 is 67.9. The van der Waals surface area contributed by atoms with Crippen molar-refractivity contribution in [3.05, 3.63) is 79.8 Å². The predicted molar refractivity (Wildman–Crippen MR) is 183 cm³/mol. The number of nitrogens with zero attached hydrogens (tertiary/aromatic N) is 4. The zero-order valence-electron chi connectivity index (χ0n) is 24.7. The molecule has 0 amide bonds. The molecule has 1 aliphatic rings. The second-order valence-electron chi connectivity index (χ2n) is 10.5. The lowest BCUT2D eigenvalue weighted by molar-refractivity contribution is -0.647. The van der Waals surface area contributed by atoms with Gasteiger partial charge in [-0.05, 0) is 38.5 Å². The molecule has 16 heteroatoms. The van der Waals surface area contributed by atoms with Crippen LogP contribution in [0.4, 0.5) is 11.4 Å². The zero-order chi connectivity index (χ0) is 33.3. The predicted octanol–water partition coefficient (Wildman–Crippen LogP) is 6.78. The molecule has 2 aromatic carbocycles. The summed E-state index contributed by atoms with van der Waals surface area (Å²) in [4.78, 5) is 3.99. The maximum absolute atomic E-state index is 11.4. The third-order valence-corrected chi connectivity index (χ3v) is 10.4. The van der Waals surface area contributed by atoms with Crippen LogP contribution in [0, 0.1) is 0 Å². The fraction of sp³-hybridized carbons (Fsp3) is 0.345. The highest BCUT2D eigenvalue weighted by atomic mass is 35.5. The standard InChI is InChI=1S/C29H32Cl4N4O6S2/c1-4-35-26-17-22(32)23(33)18-27(26)37(12-6-14-45(41,42)43)29(35)10-8-19(2)7-9-28-34(3)24-15-20(30)21(31)16-25(24)36(28)11-5-13-44(38,39)40/h7-10,15-18H,4-6,11-14H2,1-3H3,(H-,38,39,40,41,42,43)/p+1. The summed E-state index contributed by atoms with van der Waals surface area (Å²) in [6, 6.07) is 6.99. The summed E-state index contributed by atoms with van der Waals surface area (Å²) in [6.07, 6.45) is 7.99. The highest BCUT2D eigenvalue weighted by Crippen LogP contribution is 2.45. The van der Waals surface area contributed by atoms with Gasteiger partial charge in [0.05, 0.1) is 56.6 Å². The van der Waals surface area contributed by atoms with Crippen LogP contribution >= 0.6 is 46.4 Å². The number of allylic oxidation sites excluding steroid dienone is 4. The van der Waals surface area contributed by atoms with Crippen LogP contribution in [0.3, 0.4) is 0 Å². The van der Waals surface area contributed by atoms with Crippen molar-refractivity contribution in [3.8, 4) is 0 Å². The van der Waals surface area contributed by atoms with E-state index in [0.717, 1.165) is 39.6 Å². The van der Waals surface area contributed by atoms with Gasteiger partial charge in [-0.15, -0.1) is 0 Å². The van der Waals surface area contributed by atoms with Crippen LogP contribution in [-0.4, -0.2) is 55.1 Å². The van der Waals surface area contributed by atoms with Crippen molar-refractivity contribution in [2.24, 2.45) is 7.05 Å². The molecule has 0 spiro atoms. The first kappa shape index (κ1) is 35.6. The number of aromatic nitrogens is 2. The average molecular weight is 740 g/mol. The van der Waals surface area contributed by atoms with E-state index >= 15 is 0 Å². The highest BCUT2D eigenvalue weighted by molar-refractivity contribution is 7.86. The minimum atomic E-state index is -4.13. The molecule has 0 saturated carbocycles. The van der Waals surface area contributed by atoms with E-state index in [1.54, 1.807) is 24.3 Å². The van der Waals surface area contributed by atoms with E-state index in [0.29, 0.717) is 39.7 Å². The Kier molecular flexibility index (Phi) is 11.2. The van der Waals surface area contributed by atoms with Crippen molar-refractivity contribution in [1.29, 1.82) is 0 Å². The van der Waals surface area contributed by atoms with Gasteiger partial charge in [0.2, 0.25) is 0 Å². The van der Waals surface area contributed by atoms with E-state index < -0.39 is 20.2 Å². The molecule has 4 rings (SSSR count). The van der Waals surface area contributed by atoms with Gasteiger partial charge >= 0.3 is 0 Å². The first-order valence-corrected chi connectivity index (χ1v) is 18.6. The maximum atomic E-state index is 11.4. The van der Waals surface area contributed by atoms with E-state index in [2.05, 4.69) is 0 Å². The Hall–Kier alpha value is -2.29. The molecule has 45 heavy (non-hydrogen) atoms. The van der Waals surface area contributed by atoms with Crippen LogP contribution in [0.25, 0.3) is 17.1 Å². The van der Waals surface area contributed by atoms with Gasteiger partial charge in [-0.2, -0.15) is 16.8 Å². The third-order valence-electron chi connectivity index (χ3n) is 7.32. The molecule has 0 fully saturated rings. The Bertz CT molecular complexity index is 1940. The fourth-order valence-corrected chi connectivity index (χ4v) is 6.87. The Morgan fingerprint density at radius 1 is 0.844 bits per heavy atom. The fourth-order valence-electron chi connectivity index (χ4n) is 5.25. The Morgan fingerprint density at radius 2 is 1.38 bits per heavy atom. The van der Waals surface area contributed by atoms with E-state index in [1.807, 2.05) is 64.1 Å². The Balaban J connectivity index is 1.71. The van der Waals surface area contributed by atoms with Crippen molar-refractivity contribution >= 4 is 95.1 Å². The van der Waals surface area contributed by atoms with Crippen LogP contribution in [-0.2, 0) is 33.8 Å². The molecule has 10 nitrogen and oxygen atoms in total. The third kappa shape index (κ3) is 8.55.